The van der Waals surface area contributed by atoms with E-state index in [1.165, 1.54) is 24.8 Å². The maximum absolute atomic E-state index is 11.5. The Morgan fingerprint density at radius 1 is 1.44 bits per heavy atom. The second-order valence-corrected chi connectivity index (χ2v) is 5.89. The van der Waals surface area contributed by atoms with E-state index in [4.69, 9.17) is 4.74 Å². The molecular weight excluding hydrogens is 200 g/mol. The summed E-state index contributed by atoms with van der Waals surface area (Å²) < 4.78 is 5.15. The van der Waals surface area contributed by atoms with Crippen LogP contribution in [0, 0.1) is 17.3 Å². The average molecular weight is 218 g/mol. The zero-order valence-electron chi connectivity index (χ0n) is 9.95. The third-order valence-electron chi connectivity index (χ3n) is 4.51. The third kappa shape index (κ3) is 1.28. The molecule has 0 radical (unpaired) electrons. The molecule has 0 bridgehead atoms. The predicted octanol–water partition coefficient (Wildman–Crippen LogP) is 2.85. The normalized spacial score (nSPS) is 35.8. The van der Waals surface area contributed by atoms with Crippen LogP contribution in [0.5, 0.6) is 0 Å². The lowest BCUT2D eigenvalue weighted by Gasteiger charge is -2.44. The fraction of sp³-hybridized carbons (Fsp3) is 0.643. The number of hydrogen-bond donors (Lipinski definition) is 0. The van der Waals surface area contributed by atoms with E-state index in [0.717, 1.165) is 5.57 Å². The zero-order valence-corrected chi connectivity index (χ0v) is 9.95. The number of fused-ring (bicyclic) bond motifs is 2. The molecule has 3 rings (SSSR count). The number of ether oxygens (including phenoxy) is 1. The fourth-order valence-electron chi connectivity index (χ4n) is 3.57. The number of rotatable bonds is 0. The third-order valence-corrected chi connectivity index (χ3v) is 4.51. The molecule has 2 unspecified atom stereocenters. The van der Waals surface area contributed by atoms with Crippen LogP contribution in [-0.4, -0.2) is 12.6 Å². The highest BCUT2D eigenvalue weighted by molar-refractivity contribution is 5.95. The molecule has 1 saturated carbocycles. The number of allylic oxidation sites excluding steroid dienone is 1. The molecule has 86 valence electrons. The average Bonchev–Trinajstić information content (AvgIpc) is 2.60. The molecule has 1 aliphatic heterocycles. The Labute approximate surface area is 96.4 Å². The van der Waals surface area contributed by atoms with Crippen LogP contribution < -0.4 is 0 Å². The van der Waals surface area contributed by atoms with E-state index < -0.39 is 0 Å². The molecule has 0 saturated heterocycles. The molecule has 0 aromatic carbocycles. The number of carbonyl (C=O) groups excluding carboxylic acids is 1. The van der Waals surface area contributed by atoms with Crippen molar-refractivity contribution in [3.63, 3.8) is 0 Å². The number of hydrogen-bond acceptors (Lipinski definition) is 2. The van der Waals surface area contributed by atoms with Crippen molar-refractivity contribution in [2.45, 2.75) is 33.1 Å². The van der Waals surface area contributed by atoms with Gasteiger partial charge in [-0.15, -0.1) is 0 Å². The van der Waals surface area contributed by atoms with Crippen LogP contribution in [0.2, 0.25) is 0 Å². The van der Waals surface area contributed by atoms with Crippen molar-refractivity contribution < 1.29 is 9.53 Å². The van der Waals surface area contributed by atoms with Crippen LogP contribution in [0.25, 0.3) is 0 Å². The molecule has 2 atom stereocenters. The van der Waals surface area contributed by atoms with E-state index in [1.807, 2.05) is 6.08 Å². The molecule has 1 fully saturated rings. The molecule has 0 amide bonds. The summed E-state index contributed by atoms with van der Waals surface area (Å²) in [6.07, 6.45) is 8.02. The summed E-state index contributed by atoms with van der Waals surface area (Å²) in [5.41, 5.74) is 2.48. The topological polar surface area (TPSA) is 26.3 Å². The van der Waals surface area contributed by atoms with Crippen molar-refractivity contribution in [3.05, 3.63) is 23.3 Å². The van der Waals surface area contributed by atoms with Crippen molar-refractivity contribution in [1.29, 1.82) is 0 Å². The highest BCUT2D eigenvalue weighted by atomic mass is 16.5. The second-order valence-electron chi connectivity index (χ2n) is 5.89. The van der Waals surface area contributed by atoms with Crippen molar-refractivity contribution >= 4 is 5.97 Å². The van der Waals surface area contributed by atoms with Crippen LogP contribution in [-0.2, 0) is 9.53 Å². The van der Waals surface area contributed by atoms with Crippen molar-refractivity contribution in [2.75, 3.05) is 6.61 Å². The Morgan fingerprint density at radius 3 is 3.06 bits per heavy atom. The van der Waals surface area contributed by atoms with Crippen molar-refractivity contribution in [1.82, 2.24) is 0 Å². The van der Waals surface area contributed by atoms with Crippen LogP contribution >= 0.6 is 0 Å². The molecule has 0 N–H and O–H groups in total. The van der Waals surface area contributed by atoms with Gasteiger partial charge in [-0.25, -0.2) is 4.79 Å². The van der Waals surface area contributed by atoms with Gasteiger partial charge in [0.15, 0.2) is 0 Å². The Bertz CT molecular complexity index is 401. The van der Waals surface area contributed by atoms with Crippen LogP contribution in [0.4, 0.5) is 0 Å². The lowest BCUT2D eigenvalue weighted by molar-refractivity contribution is -0.135. The lowest BCUT2D eigenvalue weighted by Crippen LogP contribution is -2.36. The van der Waals surface area contributed by atoms with E-state index in [-0.39, 0.29) is 5.97 Å². The minimum absolute atomic E-state index is 0.118. The van der Waals surface area contributed by atoms with E-state index in [9.17, 15) is 4.79 Å². The number of esters is 1. The van der Waals surface area contributed by atoms with Gasteiger partial charge in [0.2, 0.25) is 0 Å². The Kier molecular flexibility index (Phi) is 2.04. The molecule has 1 heterocycles. The SMILES string of the molecule is CC1(C)CCCC2C3=C(C=CC21)C(=O)OC3. The summed E-state index contributed by atoms with van der Waals surface area (Å²) in [5.74, 6) is 1.03. The lowest BCUT2D eigenvalue weighted by atomic mass is 9.60. The van der Waals surface area contributed by atoms with Gasteiger partial charge in [-0.2, -0.15) is 0 Å². The maximum Gasteiger partial charge on any atom is 0.338 e. The minimum atomic E-state index is -0.118. The van der Waals surface area contributed by atoms with Gasteiger partial charge in [0.05, 0.1) is 5.57 Å². The van der Waals surface area contributed by atoms with Gasteiger partial charge < -0.3 is 4.74 Å². The summed E-state index contributed by atoms with van der Waals surface area (Å²) in [5, 5.41) is 0. The van der Waals surface area contributed by atoms with Crippen LogP contribution in [0.15, 0.2) is 23.3 Å². The maximum atomic E-state index is 11.5. The highest BCUT2D eigenvalue weighted by Gasteiger charge is 2.43. The number of carbonyl (C=O) groups is 1. The van der Waals surface area contributed by atoms with Crippen molar-refractivity contribution in [3.8, 4) is 0 Å². The quantitative estimate of drug-likeness (QED) is 0.584. The summed E-state index contributed by atoms with van der Waals surface area (Å²) in [7, 11) is 0. The van der Waals surface area contributed by atoms with Gasteiger partial charge in [-0.3, -0.25) is 0 Å². The molecule has 0 aromatic rings. The minimum Gasteiger partial charge on any atom is -0.458 e. The summed E-state index contributed by atoms with van der Waals surface area (Å²) >= 11 is 0. The summed E-state index contributed by atoms with van der Waals surface area (Å²) in [4.78, 5) is 11.5. The van der Waals surface area contributed by atoms with Crippen LogP contribution in [0.1, 0.15) is 33.1 Å². The van der Waals surface area contributed by atoms with Gasteiger partial charge in [-0.05, 0) is 35.7 Å². The fourth-order valence-corrected chi connectivity index (χ4v) is 3.57. The summed E-state index contributed by atoms with van der Waals surface area (Å²) in [6, 6.07) is 0. The molecular formula is C14H18O2. The molecule has 2 aliphatic carbocycles. The van der Waals surface area contributed by atoms with Crippen molar-refractivity contribution in [2.24, 2.45) is 17.3 Å². The van der Waals surface area contributed by atoms with E-state index in [1.54, 1.807) is 0 Å². The van der Waals surface area contributed by atoms with E-state index in [0.29, 0.717) is 23.9 Å². The monoisotopic (exact) mass is 218 g/mol. The van der Waals surface area contributed by atoms with Gasteiger partial charge in [-0.1, -0.05) is 32.4 Å². The Hall–Kier alpha value is -1.05. The molecule has 2 nitrogen and oxygen atoms in total. The van der Waals surface area contributed by atoms with Gasteiger partial charge in [0, 0.05) is 0 Å². The molecule has 0 spiro atoms. The molecule has 2 heteroatoms. The highest BCUT2D eigenvalue weighted by Crippen LogP contribution is 2.50. The first-order valence-corrected chi connectivity index (χ1v) is 6.18. The Morgan fingerprint density at radius 2 is 2.25 bits per heavy atom. The van der Waals surface area contributed by atoms with Gasteiger partial charge >= 0.3 is 5.97 Å². The van der Waals surface area contributed by atoms with E-state index in [2.05, 4.69) is 19.9 Å². The molecule has 3 aliphatic rings. The van der Waals surface area contributed by atoms with Gasteiger partial charge in [0.25, 0.3) is 0 Å². The first kappa shape index (κ1) is 10.1. The Balaban J connectivity index is 1.99. The summed E-state index contributed by atoms with van der Waals surface area (Å²) in [6.45, 7) is 5.23. The smallest absolute Gasteiger partial charge is 0.338 e. The first-order chi connectivity index (χ1) is 7.59. The van der Waals surface area contributed by atoms with Gasteiger partial charge in [0.1, 0.15) is 6.61 Å². The second kappa shape index (κ2) is 3.22. The first-order valence-electron chi connectivity index (χ1n) is 6.18. The molecule has 0 aromatic heterocycles. The standard InChI is InChI=1S/C14H18O2/c1-14(2)7-3-4-9-11-8-16-13(15)10(11)5-6-12(9)14/h5-6,9,12H,3-4,7-8H2,1-2H3. The van der Waals surface area contributed by atoms with E-state index >= 15 is 0 Å². The zero-order chi connectivity index (χ0) is 11.3. The molecule has 16 heavy (non-hydrogen) atoms. The number of cyclic esters (lactones) is 1. The van der Waals surface area contributed by atoms with Crippen LogP contribution in [0.3, 0.4) is 0 Å². The largest absolute Gasteiger partial charge is 0.458 e. The predicted molar refractivity (Wildman–Crippen MR) is 61.7 cm³/mol.